The lowest BCUT2D eigenvalue weighted by Gasteiger charge is -2.14. The molecule has 0 heterocycles. The van der Waals surface area contributed by atoms with Crippen LogP contribution in [0.1, 0.15) is 30.9 Å². The Balaban J connectivity index is 2.38. The van der Waals surface area contributed by atoms with Gasteiger partial charge in [0.25, 0.3) is 0 Å². The average molecular weight is 297 g/mol. The van der Waals surface area contributed by atoms with E-state index >= 15 is 0 Å². The van der Waals surface area contributed by atoms with E-state index in [1.807, 2.05) is 0 Å². The summed E-state index contributed by atoms with van der Waals surface area (Å²) < 4.78 is 10.3. The molecule has 0 bridgehead atoms. The molecule has 118 valence electrons. The zero-order valence-electron chi connectivity index (χ0n) is 12.5. The van der Waals surface area contributed by atoms with E-state index in [0.717, 1.165) is 5.56 Å². The van der Waals surface area contributed by atoms with E-state index in [2.05, 4.69) is 5.32 Å². The van der Waals surface area contributed by atoms with Crippen molar-refractivity contribution in [3.63, 3.8) is 0 Å². The minimum absolute atomic E-state index is 0.158. The Kier molecular flexibility index (Phi) is 7.56. The van der Waals surface area contributed by atoms with E-state index in [4.69, 9.17) is 14.6 Å². The molecule has 1 atom stereocenters. The van der Waals surface area contributed by atoms with Crippen molar-refractivity contribution in [1.82, 2.24) is 5.32 Å². The lowest BCUT2D eigenvalue weighted by Crippen LogP contribution is -2.19. The Morgan fingerprint density at radius 2 is 1.95 bits per heavy atom. The molecule has 0 aliphatic carbocycles. The summed E-state index contributed by atoms with van der Waals surface area (Å²) in [6, 6.07) is 5.32. The number of nitrogens with one attached hydrogen (secondary N) is 1. The maximum atomic E-state index is 10.3. The molecule has 0 aliphatic rings. The number of aliphatic hydroxyl groups excluding tert-OH is 1. The summed E-state index contributed by atoms with van der Waals surface area (Å²) in [5.41, 5.74) is 0.764. The second kappa shape index (κ2) is 9.20. The van der Waals surface area contributed by atoms with Crippen molar-refractivity contribution in [3.05, 3.63) is 23.8 Å². The van der Waals surface area contributed by atoms with Crippen molar-refractivity contribution in [1.29, 1.82) is 0 Å². The van der Waals surface area contributed by atoms with Crippen molar-refractivity contribution in [2.75, 3.05) is 27.3 Å². The number of rotatable bonds is 10. The van der Waals surface area contributed by atoms with Gasteiger partial charge < -0.3 is 25.0 Å². The molecule has 0 saturated heterocycles. The summed E-state index contributed by atoms with van der Waals surface area (Å²) in [7, 11) is 3.12. The lowest BCUT2D eigenvalue weighted by atomic mass is 10.1. The number of carbonyl (C=O) groups is 1. The molecule has 0 spiro atoms. The van der Waals surface area contributed by atoms with Crippen molar-refractivity contribution < 1.29 is 24.5 Å². The summed E-state index contributed by atoms with van der Waals surface area (Å²) in [4.78, 5) is 10.3. The van der Waals surface area contributed by atoms with Gasteiger partial charge in [0.15, 0.2) is 11.5 Å². The molecule has 0 aliphatic heterocycles. The van der Waals surface area contributed by atoms with Gasteiger partial charge in [0.1, 0.15) is 0 Å². The van der Waals surface area contributed by atoms with Crippen LogP contribution in [0.3, 0.4) is 0 Å². The van der Waals surface area contributed by atoms with Crippen LogP contribution < -0.4 is 14.8 Å². The molecule has 0 radical (unpaired) electrons. The molecule has 1 unspecified atom stereocenters. The Morgan fingerprint density at radius 1 is 1.24 bits per heavy atom. The largest absolute Gasteiger partial charge is 0.493 e. The molecule has 3 N–H and O–H groups in total. The highest BCUT2D eigenvalue weighted by atomic mass is 16.5. The van der Waals surface area contributed by atoms with E-state index in [0.29, 0.717) is 37.4 Å². The van der Waals surface area contributed by atoms with Crippen LogP contribution >= 0.6 is 0 Å². The van der Waals surface area contributed by atoms with Crippen LogP contribution in [0.15, 0.2) is 18.2 Å². The van der Waals surface area contributed by atoms with Crippen LogP contribution in [-0.4, -0.2) is 43.5 Å². The molecular formula is C15H23NO5. The molecule has 21 heavy (non-hydrogen) atoms. The molecule has 0 amide bonds. The number of aliphatic carboxylic acids is 1. The molecule has 1 aromatic rings. The zero-order chi connectivity index (χ0) is 15.7. The maximum absolute atomic E-state index is 10.3. The van der Waals surface area contributed by atoms with Gasteiger partial charge in [-0.1, -0.05) is 6.07 Å². The number of carboxylic acid groups (broad SMARTS) is 1. The third-order valence-electron chi connectivity index (χ3n) is 3.13. The Hall–Kier alpha value is -1.79. The van der Waals surface area contributed by atoms with Crippen molar-refractivity contribution in [3.8, 4) is 11.5 Å². The molecular weight excluding hydrogens is 274 g/mol. The van der Waals surface area contributed by atoms with Crippen molar-refractivity contribution >= 4 is 5.97 Å². The van der Waals surface area contributed by atoms with Gasteiger partial charge in [-0.05, 0) is 43.6 Å². The fraction of sp³-hybridized carbons (Fsp3) is 0.533. The predicted molar refractivity (Wildman–Crippen MR) is 78.9 cm³/mol. The van der Waals surface area contributed by atoms with Crippen molar-refractivity contribution in [2.24, 2.45) is 0 Å². The minimum atomic E-state index is -0.790. The fourth-order valence-electron chi connectivity index (χ4n) is 1.96. The number of hydrogen-bond donors (Lipinski definition) is 3. The van der Waals surface area contributed by atoms with E-state index in [1.165, 1.54) is 0 Å². The maximum Gasteiger partial charge on any atom is 0.303 e. The first-order chi connectivity index (χ1) is 10.1. The van der Waals surface area contributed by atoms with Gasteiger partial charge >= 0.3 is 5.97 Å². The molecule has 6 heteroatoms. The normalized spacial score (nSPS) is 12.0. The fourth-order valence-corrected chi connectivity index (χ4v) is 1.96. The van der Waals surface area contributed by atoms with E-state index in [9.17, 15) is 9.90 Å². The number of hydrogen-bond acceptors (Lipinski definition) is 5. The van der Waals surface area contributed by atoms with Crippen LogP contribution in [-0.2, 0) is 4.79 Å². The summed E-state index contributed by atoms with van der Waals surface area (Å²) >= 11 is 0. The van der Waals surface area contributed by atoms with Gasteiger partial charge in [-0.25, -0.2) is 0 Å². The quantitative estimate of drug-likeness (QED) is 0.568. The number of benzene rings is 1. The Labute approximate surface area is 124 Å². The van der Waals surface area contributed by atoms with E-state index < -0.39 is 12.1 Å². The zero-order valence-corrected chi connectivity index (χ0v) is 12.5. The SMILES string of the molecule is COc1ccc(C(O)CCNCCCC(=O)O)cc1OC. The standard InChI is InChI=1S/C15H23NO5/c1-20-13-6-5-11(10-14(13)21-2)12(17)7-9-16-8-3-4-15(18)19/h5-6,10,12,16-17H,3-4,7-9H2,1-2H3,(H,18,19). The number of carboxylic acids is 1. The van der Waals surface area contributed by atoms with Gasteiger partial charge in [-0.3, -0.25) is 4.79 Å². The summed E-state index contributed by atoms with van der Waals surface area (Å²) in [6.07, 6.45) is 0.687. The van der Waals surface area contributed by atoms with Gasteiger partial charge in [0.05, 0.1) is 20.3 Å². The van der Waals surface area contributed by atoms with Crippen LogP contribution in [0.2, 0.25) is 0 Å². The first kappa shape index (κ1) is 17.3. The second-order valence-electron chi connectivity index (χ2n) is 4.67. The van der Waals surface area contributed by atoms with E-state index in [1.54, 1.807) is 32.4 Å². The van der Waals surface area contributed by atoms with Crippen LogP contribution in [0, 0.1) is 0 Å². The third-order valence-corrected chi connectivity index (χ3v) is 3.13. The van der Waals surface area contributed by atoms with Gasteiger partial charge in [0, 0.05) is 6.42 Å². The lowest BCUT2D eigenvalue weighted by molar-refractivity contribution is -0.137. The number of ether oxygens (including phenoxy) is 2. The van der Waals surface area contributed by atoms with Gasteiger partial charge in [-0.2, -0.15) is 0 Å². The molecule has 0 saturated carbocycles. The molecule has 1 rings (SSSR count). The minimum Gasteiger partial charge on any atom is -0.493 e. The summed E-state index contributed by atoms with van der Waals surface area (Å²) in [6.45, 7) is 1.25. The average Bonchev–Trinajstić information content (AvgIpc) is 2.49. The highest BCUT2D eigenvalue weighted by Crippen LogP contribution is 2.30. The van der Waals surface area contributed by atoms with Crippen molar-refractivity contribution in [2.45, 2.75) is 25.4 Å². The van der Waals surface area contributed by atoms with Crippen LogP contribution in [0.4, 0.5) is 0 Å². The molecule has 6 nitrogen and oxygen atoms in total. The van der Waals surface area contributed by atoms with Crippen LogP contribution in [0.5, 0.6) is 11.5 Å². The number of aliphatic hydroxyl groups is 1. The third kappa shape index (κ3) is 6.01. The Bertz CT molecular complexity index is 450. The molecule has 0 aromatic heterocycles. The Morgan fingerprint density at radius 3 is 2.57 bits per heavy atom. The molecule has 1 aromatic carbocycles. The highest BCUT2D eigenvalue weighted by molar-refractivity contribution is 5.66. The predicted octanol–water partition coefficient (Wildman–Crippen LogP) is 1.58. The molecule has 0 fully saturated rings. The summed E-state index contributed by atoms with van der Waals surface area (Å²) in [5, 5.41) is 21.7. The highest BCUT2D eigenvalue weighted by Gasteiger charge is 2.11. The van der Waals surface area contributed by atoms with E-state index in [-0.39, 0.29) is 6.42 Å². The first-order valence-electron chi connectivity index (χ1n) is 6.91. The topological polar surface area (TPSA) is 88.0 Å². The second-order valence-corrected chi connectivity index (χ2v) is 4.67. The smallest absolute Gasteiger partial charge is 0.303 e. The first-order valence-corrected chi connectivity index (χ1v) is 6.91. The number of methoxy groups -OCH3 is 2. The monoisotopic (exact) mass is 297 g/mol. The summed E-state index contributed by atoms with van der Waals surface area (Å²) in [5.74, 6) is 0.422. The van der Waals surface area contributed by atoms with Crippen LogP contribution in [0.25, 0.3) is 0 Å². The van der Waals surface area contributed by atoms with Gasteiger partial charge in [-0.15, -0.1) is 0 Å². The van der Waals surface area contributed by atoms with Gasteiger partial charge in [0.2, 0.25) is 0 Å².